The second kappa shape index (κ2) is 30.2. The van der Waals surface area contributed by atoms with Crippen molar-refractivity contribution in [1.82, 2.24) is 45.0 Å². The van der Waals surface area contributed by atoms with Gasteiger partial charge < -0.3 is 30.0 Å². The lowest BCUT2D eigenvalue weighted by atomic mass is 9.91. The van der Waals surface area contributed by atoms with Crippen LogP contribution in [0.1, 0.15) is 54.4 Å². The molecule has 15 heteroatoms. The molecule has 4 heterocycles. The first-order chi connectivity index (χ1) is 55.3. The zero-order valence-corrected chi connectivity index (χ0v) is 64.3. The Labute approximate surface area is 659 Å². The predicted molar refractivity (Wildman–Crippen MR) is 463 cm³/mol. The van der Waals surface area contributed by atoms with Crippen LogP contribution in [0.3, 0.4) is 0 Å². The highest BCUT2D eigenvalue weighted by atomic mass is 15.6. The van der Waals surface area contributed by atoms with Crippen LogP contribution in [0, 0.1) is 10.8 Å². The van der Waals surface area contributed by atoms with E-state index in [4.69, 9.17) is 36.1 Å². The summed E-state index contributed by atoms with van der Waals surface area (Å²) in [6.45, 7) is 15.9. The van der Waals surface area contributed by atoms with Gasteiger partial charge in [-0.25, -0.2) is 4.68 Å². The van der Waals surface area contributed by atoms with Crippen LogP contribution in [0.4, 0.5) is 79.6 Å². The molecule has 14 aromatic carbocycles. The van der Waals surface area contributed by atoms with Crippen molar-refractivity contribution in [3.8, 4) is 44.5 Å². The number of aryl methyl sites for hydroxylation is 1. The lowest BCUT2D eigenvalue weighted by molar-refractivity contribution is -0.802. The van der Waals surface area contributed by atoms with Crippen molar-refractivity contribution in [1.29, 1.82) is 0 Å². The molecule has 1 aliphatic rings. The molecule has 0 amide bonds. The van der Waals surface area contributed by atoms with E-state index < -0.39 is 0 Å². The molecule has 113 heavy (non-hydrogen) atoms. The topological polar surface area (TPSA) is 124 Å². The second-order valence-electron chi connectivity index (χ2n) is 31.4. The predicted octanol–water partition coefficient (Wildman–Crippen LogP) is 24.5. The number of benzene rings is 14. The molecule has 1 N–H and O–H groups in total. The second-order valence-corrected chi connectivity index (χ2v) is 31.4. The Balaban J connectivity index is 0.753. The fourth-order valence-corrected chi connectivity index (χ4v) is 15.8. The van der Waals surface area contributed by atoms with Crippen molar-refractivity contribution < 1.29 is 5.01 Å². The van der Waals surface area contributed by atoms with Gasteiger partial charge in [0.2, 0.25) is 0 Å². The van der Waals surface area contributed by atoms with Gasteiger partial charge in [-0.15, -0.1) is 5.10 Å². The first kappa shape index (κ1) is 70.9. The molecule has 1 aliphatic heterocycles. The van der Waals surface area contributed by atoms with E-state index in [-0.39, 0.29) is 10.8 Å². The van der Waals surface area contributed by atoms with Gasteiger partial charge in [-0.05, 0) is 197 Å². The van der Waals surface area contributed by atoms with Crippen molar-refractivity contribution in [2.24, 2.45) is 10.8 Å². The van der Waals surface area contributed by atoms with E-state index in [1.54, 1.807) is 0 Å². The molecule has 0 fully saturated rings. The van der Waals surface area contributed by atoms with Gasteiger partial charge >= 0.3 is 0 Å². The minimum atomic E-state index is -0.134. The first-order valence-corrected chi connectivity index (χ1v) is 39.0. The Morgan fingerprint density at radius 1 is 0.292 bits per heavy atom. The molecule has 1 unspecified atom stereocenters. The van der Waals surface area contributed by atoms with Gasteiger partial charge in [-0.2, -0.15) is 30.0 Å². The maximum absolute atomic E-state index is 5.68. The molecule has 554 valence electrons. The number of para-hydroxylation sites is 8. The minimum absolute atomic E-state index is 0.117. The Kier molecular flexibility index (Phi) is 19.0. The van der Waals surface area contributed by atoms with Gasteiger partial charge in [-0.3, -0.25) is 0 Å². The van der Waals surface area contributed by atoms with Crippen LogP contribution in [0.25, 0.3) is 83.0 Å². The number of aromatic nitrogens is 9. The summed E-state index contributed by atoms with van der Waals surface area (Å²) in [6, 6.07) is 120. The number of fused-ring (bicyclic) bond motifs is 4. The number of quaternary nitrogens is 1. The van der Waals surface area contributed by atoms with E-state index >= 15 is 0 Å². The SMILES string of the molecule is CC(C)(C)Cn1nc2c(-c3ccc(N(c4ccccc4)c4ccccc4)cc3)c3c(c(-c4ccc(N(c5ccccc5)c5ccccc5)cc4)c2n1)[NH+](CCCCn1nnc2c(-c4ccc(N(c5ccccc5)c5ccccc5)cc4)c4nn(CC(C)(C)C)nc4c(-c4ccc(N(c5ccccc5)c5ccccc5)cc4)c21)[N-]3. The van der Waals surface area contributed by atoms with Crippen molar-refractivity contribution in [2.75, 3.05) is 26.1 Å². The third kappa shape index (κ3) is 14.3. The first-order valence-electron chi connectivity index (χ1n) is 39.0. The van der Waals surface area contributed by atoms with Crippen molar-refractivity contribution >= 4 is 113 Å². The molecule has 0 radical (unpaired) electrons. The van der Waals surface area contributed by atoms with Crippen LogP contribution in [0.5, 0.6) is 0 Å². The average molecular weight is 1470 g/mol. The smallest absolute Gasteiger partial charge is 0.127 e. The molecule has 15 nitrogen and oxygen atoms in total. The van der Waals surface area contributed by atoms with E-state index in [1.165, 1.54) is 0 Å². The summed E-state index contributed by atoms with van der Waals surface area (Å²) in [5.41, 5.74) is 32.7. The zero-order chi connectivity index (χ0) is 76.6. The lowest BCUT2D eigenvalue weighted by Gasteiger charge is -2.46. The molecular weight excluding hydrogens is 1390 g/mol. The Hall–Kier alpha value is -13.8. The summed E-state index contributed by atoms with van der Waals surface area (Å²) < 4.78 is 2.12. The molecule has 18 rings (SSSR count). The molecule has 0 spiro atoms. The average Bonchev–Trinajstić information content (AvgIpc) is 1.68. The number of rotatable bonds is 23. The number of nitrogens with zero attached hydrogens (tertiary/aromatic N) is 14. The number of hydrogen-bond donors (Lipinski definition) is 1. The Bertz CT molecular complexity index is 5970. The number of unbranched alkanes of at least 4 members (excludes halogenated alkanes) is 1. The van der Waals surface area contributed by atoms with E-state index in [1.807, 2.05) is 9.59 Å². The van der Waals surface area contributed by atoms with Crippen LogP contribution < -0.4 is 24.6 Å². The quantitative estimate of drug-likeness (QED) is 0.0619. The number of anilines is 12. The van der Waals surface area contributed by atoms with Gasteiger partial charge in [0.15, 0.2) is 0 Å². The Morgan fingerprint density at radius 2 is 0.558 bits per heavy atom. The maximum atomic E-state index is 5.68. The van der Waals surface area contributed by atoms with Crippen LogP contribution in [0.15, 0.2) is 340 Å². The highest BCUT2D eigenvalue weighted by molar-refractivity contribution is 6.17. The summed E-state index contributed by atoms with van der Waals surface area (Å²) in [5.74, 6) is 0. The molecule has 0 aliphatic carbocycles. The maximum Gasteiger partial charge on any atom is 0.127 e. The third-order valence-corrected chi connectivity index (χ3v) is 20.8. The fourth-order valence-electron chi connectivity index (χ4n) is 15.8. The summed E-state index contributed by atoms with van der Waals surface area (Å²) in [7, 11) is 0. The van der Waals surface area contributed by atoms with E-state index in [0.717, 1.165) is 175 Å². The van der Waals surface area contributed by atoms with Crippen LogP contribution in [-0.2, 0) is 19.6 Å². The van der Waals surface area contributed by atoms with Gasteiger partial charge in [0, 0.05) is 91.5 Å². The van der Waals surface area contributed by atoms with Gasteiger partial charge in [0.25, 0.3) is 0 Å². The number of nitrogens with one attached hydrogen (secondary N) is 1. The van der Waals surface area contributed by atoms with Gasteiger partial charge in [0.05, 0.1) is 30.7 Å². The highest BCUT2D eigenvalue weighted by Crippen LogP contribution is 2.54. The molecule has 0 saturated heterocycles. The minimum Gasteiger partial charge on any atom is -0.478 e. The summed E-state index contributed by atoms with van der Waals surface area (Å²) >= 11 is 0. The summed E-state index contributed by atoms with van der Waals surface area (Å²) in [4.78, 5) is 13.0. The summed E-state index contributed by atoms with van der Waals surface area (Å²) in [6.07, 6.45) is 1.56. The molecular formula is C98H87N15. The van der Waals surface area contributed by atoms with E-state index in [2.05, 4.69) is 406 Å². The van der Waals surface area contributed by atoms with Gasteiger partial charge in [-0.1, -0.05) is 241 Å². The van der Waals surface area contributed by atoms with Crippen LogP contribution in [-0.4, -0.2) is 51.5 Å². The number of hydrogen-bond acceptors (Lipinski definition) is 10. The zero-order valence-electron chi connectivity index (χ0n) is 64.3. The fraction of sp³-hybridized carbons (Fsp3) is 0.143. The van der Waals surface area contributed by atoms with Gasteiger partial charge in [0.1, 0.15) is 33.3 Å². The highest BCUT2D eigenvalue weighted by Gasteiger charge is 2.34. The van der Waals surface area contributed by atoms with E-state index in [9.17, 15) is 0 Å². The van der Waals surface area contributed by atoms with Crippen LogP contribution >= 0.6 is 0 Å². The third-order valence-electron chi connectivity index (χ3n) is 20.8. The lowest BCUT2D eigenvalue weighted by Crippen LogP contribution is -3.06. The van der Waals surface area contributed by atoms with Crippen molar-refractivity contribution in [3.05, 3.63) is 345 Å². The van der Waals surface area contributed by atoms with E-state index in [0.29, 0.717) is 26.2 Å². The van der Waals surface area contributed by atoms with Crippen molar-refractivity contribution in [2.45, 2.75) is 74.0 Å². The molecule has 1 atom stereocenters. The standard InChI is InChI=1S/C98H87N15/c1-97(2,3)67-108-101-89-85(69-49-57-81(58-50-69)110(73-33-15-7-16-34-73)74-35-17-8-18-36-74)93-95(87(91(89)103-108)71-53-61-83(62-54-71)112(77-41-23-11-24-42-77)78-43-25-12-26-44-78)107(105-99-93)66-32-31-65-106-96-88(72-55-63-84(64-56-72)113(79-45-27-13-28-46-79)80-47-29-14-30-48-80)92-90(102-109(104-92)68-98(4,5)6)86(94(96)100-106)70-51-59-82(60-52-70)111(75-37-19-9-20-38-75)76-39-21-10-22-40-76/h7-30,33-64,106H,31-32,65-68H2,1-6H3. The normalized spacial score (nSPS) is 12.7. The largest absolute Gasteiger partial charge is 0.478 e. The molecule has 0 bridgehead atoms. The monoisotopic (exact) mass is 1470 g/mol. The van der Waals surface area contributed by atoms with Crippen LogP contribution in [0.2, 0.25) is 0 Å². The molecule has 3 aromatic heterocycles. The Morgan fingerprint density at radius 3 is 0.876 bits per heavy atom. The molecule has 0 saturated carbocycles. The summed E-state index contributed by atoms with van der Waals surface area (Å²) in [5, 5.41) is 33.5. The molecule has 17 aromatic rings. The van der Waals surface area contributed by atoms with Crippen molar-refractivity contribution in [3.63, 3.8) is 0 Å².